The van der Waals surface area contributed by atoms with E-state index in [2.05, 4.69) is 16.0 Å². The van der Waals surface area contributed by atoms with Gasteiger partial charge in [0.2, 0.25) is 17.7 Å². The van der Waals surface area contributed by atoms with Crippen molar-refractivity contribution in [2.75, 3.05) is 19.6 Å². The summed E-state index contributed by atoms with van der Waals surface area (Å²) in [5.41, 5.74) is 3.63. The van der Waals surface area contributed by atoms with E-state index < -0.39 is 46.8 Å². The number of ether oxygens (including phenoxy) is 1. The van der Waals surface area contributed by atoms with Gasteiger partial charge in [0.25, 0.3) is 0 Å². The summed E-state index contributed by atoms with van der Waals surface area (Å²) in [6.45, 7) is 4.12. The SMILES string of the molecule is CC(C)(C)OC(=O)CCC(=O)NC(CN)(CNC(=O)/C=C\C(=O)O)CNC(=O)/C=C\C(=O)O. The molecule has 3 amide bonds. The van der Waals surface area contributed by atoms with E-state index in [1.165, 1.54) is 0 Å². The summed E-state index contributed by atoms with van der Waals surface area (Å²) in [5.74, 6) is -5.51. The lowest BCUT2D eigenvalue weighted by molar-refractivity contribution is -0.155. The molecule has 13 nitrogen and oxygen atoms in total. The molecule has 0 radical (unpaired) electrons. The van der Waals surface area contributed by atoms with Crippen LogP contribution in [0.1, 0.15) is 33.6 Å². The second kappa shape index (κ2) is 13.6. The molecule has 0 saturated heterocycles. The van der Waals surface area contributed by atoms with Crippen molar-refractivity contribution in [3.8, 4) is 0 Å². The van der Waals surface area contributed by atoms with Crippen LogP contribution >= 0.6 is 0 Å². The number of carboxylic acids is 2. The van der Waals surface area contributed by atoms with Gasteiger partial charge in [-0.2, -0.15) is 0 Å². The lowest BCUT2D eigenvalue weighted by Gasteiger charge is -2.34. The molecule has 0 fully saturated rings. The molecular formula is C20H30N4O9. The normalized spacial score (nSPS) is 11.8. The Balaban J connectivity index is 5.30. The third-order valence-corrected chi connectivity index (χ3v) is 3.73. The molecule has 0 saturated carbocycles. The maximum absolute atomic E-state index is 12.4. The highest BCUT2D eigenvalue weighted by atomic mass is 16.6. The van der Waals surface area contributed by atoms with Gasteiger partial charge in [0, 0.05) is 50.4 Å². The average Bonchev–Trinajstić information content (AvgIpc) is 2.70. The maximum Gasteiger partial charge on any atom is 0.328 e. The average molecular weight is 470 g/mol. The largest absolute Gasteiger partial charge is 0.478 e. The molecule has 0 aliphatic carbocycles. The van der Waals surface area contributed by atoms with Crippen LogP contribution in [0.2, 0.25) is 0 Å². The number of rotatable bonds is 13. The Morgan fingerprint density at radius 1 is 0.818 bits per heavy atom. The molecule has 0 atom stereocenters. The van der Waals surface area contributed by atoms with Crippen molar-refractivity contribution in [3.05, 3.63) is 24.3 Å². The first-order valence-electron chi connectivity index (χ1n) is 9.78. The molecule has 0 aromatic carbocycles. The first-order valence-corrected chi connectivity index (χ1v) is 9.78. The van der Waals surface area contributed by atoms with Crippen LogP contribution in [0.15, 0.2) is 24.3 Å². The zero-order valence-corrected chi connectivity index (χ0v) is 18.7. The van der Waals surface area contributed by atoms with E-state index >= 15 is 0 Å². The van der Waals surface area contributed by atoms with Gasteiger partial charge in [-0.15, -0.1) is 0 Å². The van der Waals surface area contributed by atoms with Crippen LogP contribution in [-0.2, 0) is 33.5 Å². The monoisotopic (exact) mass is 470 g/mol. The highest BCUT2D eigenvalue weighted by Gasteiger charge is 2.32. The van der Waals surface area contributed by atoms with E-state index in [0.29, 0.717) is 12.2 Å². The number of esters is 1. The van der Waals surface area contributed by atoms with Crippen molar-refractivity contribution < 1.29 is 43.7 Å². The Morgan fingerprint density at radius 3 is 1.64 bits per heavy atom. The summed E-state index contributed by atoms with van der Waals surface area (Å²) in [7, 11) is 0. The van der Waals surface area contributed by atoms with Gasteiger partial charge in [-0.3, -0.25) is 19.2 Å². The molecule has 0 aliphatic heterocycles. The number of hydrogen-bond acceptors (Lipinski definition) is 8. The fourth-order valence-electron chi connectivity index (χ4n) is 2.24. The van der Waals surface area contributed by atoms with Gasteiger partial charge in [0.05, 0.1) is 12.0 Å². The molecule has 7 N–H and O–H groups in total. The summed E-state index contributed by atoms with van der Waals surface area (Å²) < 4.78 is 5.13. The van der Waals surface area contributed by atoms with Crippen molar-refractivity contribution >= 4 is 35.6 Å². The van der Waals surface area contributed by atoms with E-state index in [9.17, 15) is 28.8 Å². The van der Waals surface area contributed by atoms with Crippen molar-refractivity contribution in [2.24, 2.45) is 5.73 Å². The predicted octanol–water partition coefficient (Wildman–Crippen LogP) is -1.56. The number of nitrogens with two attached hydrogens (primary N) is 1. The molecule has 0 spiro atoms. The van der Waals surface area contributed by atoms with Gasteiger partial charge < -0.3 is 36.6 Å². The third-order valence-electron chi connectivity index (χ3n) is 3.73. The molecule has 184 valence electrons. The van der Waals surface area contributed by atoms with Gasteiger partial charge in [0.15, 0.2) is 0 Å². The zero-order chi connectivity index (χ0) is 25.7. The predicted molar refractivity (Wildman–Crippen MR) is 115 cm³/mol. The number of carboxylic acid groups (broad SMARTS) is 2. The van der Waals surface area contributed by atoms with E-state index in [4.69, 9.17) is 20.7 Å². The molecular weight excluding hydrogens is 440 g/mol. The third kappa shape index (κ3) is 14.8. The minimum atomic E-state index is -1.43. The Labute approximate surface area is 190 Å². The van der Waals surface area contributed by atoms with E-state index in [-0.39, 0.29) is 32.5 Å². The van der Waals surface area contributed by atoms with Crippen LogP contribution < -0.4 is 21.7 Å². The molecule has 33 heavy (non-hydrogen) atoms. The lowest BCUT2D eigenvalue weighted by Crippen LogP contribution is -2.65. The first kappa shape index (κ1) is 29.3. The van der Waals surface area contributed by atoms with Gasteiger partial charge in [-0.25, -0.2) is 9.59 Å². The second-order valence-electron chi connectivity index (χ2n) is 7.90. The molecule has 0 aromatic heterocycles. The number of carbonyl (C=O) groups is 6. The fourth-order valence-corrected chi connectivity index (χ4v) is 2.24. The van der Waals surface area contributed by atoms with Crippen LogP contribution in [-0.4, -0.2) is 76.6 Å². The van der Waals surface area contributed by atoms with Crippen molar-refractivity contribution in [2.45, 2.75) is 44.8 Å². The Morgan fingerprint density at radius 2 is 1.27 bits per heavy atom. The Kier molecular flexibility index (Phi) is 12.1. The summed E-state index contributed by atoms with van der Waals surface area (Å²) in [6.07, 6.45) is 2.22. The number of aliphatic carboxylic acids is 2. The molecule has 0 aromatic rings. The molecule has 0 aliphatic rings. The number of amides is 3. The van der Waals surface area contributed by atoms with Crippen LogP contribution in [0, 0.1) is 0 Å². The molecule has 13 heteroatoms. The van der Waals surface area contributed by atoms with Crippen molar-refractivity contribution in [1.29, 1.82) is 0 Å². The topological polar surface area (TPSA) is 214 Å². The van der Waals surface area contributed by atoms with E-state index in [1.54, 1.807) is 20.8 Å². The highest BCUT2D eigenvalue weighted by molar-refractivity contribution is 5.94. The minimum Gasteiger partial charge on any atom is -0.478 e. The van der Waals surface area contributed by atoms with Gasteiger partial charge >= 0.3 is 17.9 Å². The Bertz CT molecular complexity index is 773. The van der Waals surface area contributed by atoms with Crippen LogP contribution in [0.3, 0.4) is 0 Å². The number of hydrogen-bond donors (Lipinski definition) is 6. The van der Waals surface area contributed by atoms with Gasteiger partial charge in [-0.1, -0.05) is 0 Å². The lowest BCUT2D eigenvalue weighted by atomic mass is 9.98. The smallest absolute Gasteiger partial charge is 0.328 e. The summed E-state index contributed by atoms with van der Waals surface area (Å²) in [5, 5.41) is 24.5. The molecule has 0 unspecified atom stereocenters. The maximum atomic E-state index is 12.4. The van der Waals surface area contributed by atoms with Crippen molar-refractivity contribution in [1.82, 2.24) is 16.0 Å². The van der Waals surface area contributed by atoms with Crippen LogP contribution in [0.5, 0.6) is 0 Å². The van der Waals surface area contributed by atoms with Crippen LogP contribution in [0.4, 0.5) is 0 Å². The van der Waals surface area contributed by atoms with Gasteiger partial charge in [0.1, 0.15) is 5.60 Å². The van der Waals surface area contributed by atoms with E-state index in [1.807, 2.05) is 0 Å². The van der Waals surface area contributed by atoms with Crippen molar-refractivity contribution in [3.63, 3.8) is 0 Å². The standard InChI is InChI=1S/C20H30N4O9/c1-19(2,3)33-18(32)9-6-15(27)24-20(10-21,11-22-13(25)4-7-16(28)29)12-23-14(26)5-8-17(30)31/h4-5,7-8H,6,9-12,21H2,1-3H3,(H,22,25)(H,23,26)(H,24,27)(H,28,29)(H,30,31)/b7-4-,8-5-. The summed E-state index contributed by atoms with van der Waals surface area (Å²) >= 11 is 0. The number of nitrogens with one attached hydrogen (secondary N) is 3. The quantitative estimate of drug-likeness (QED) is 0.134. The Hall–Kier alpha value is -3.74. The summed E-state index contributed by atoms with van der Waals surface area (Å²) in [4.78, 5) is 69.0. The summed E-state index contributed by atoms with van der Waals surface area (Å²) in [6, 6.07) is 0. The minimum absolute atomic E-state index is 0.231. The molecule has 0 bridgehead atoms. The highest BCUT2D eigenvalue weighted by Crippen LogP contribution is 2.10. The molecule has 0 heterocycles. The first-order chi connectivity index (χ1) is 15.2. The van der Waals surface area contributed by atoms with E-state index in [0.717, 1.165) is 12.2 Å². The number of carbonyl (C=O) groups excluding carboxylic acids is 4. The van der Waals surface area contributed by atoms with Gasteiger partial charge in [-0.05, 0) is 20.8 Å². The second-order valence-corrected chi connectivity index (χ2v) is 7.90. The fraction of sp³-hybridized carbons (Fsp3) is 0.500. The molecule has 0 rings (SSSR count). The van der Waals surface area contributed by atoms with Crippen LogP contribution in [0.25, 0.3) is 0 Å². The zero-order valence-electron chi connectivity index (χ0n) is 18.7.